The molecule has 4 atom stereocenters. The van der Waals surface area contributed by atoms with E-state index in [4.69, 9.17) is 4.74 Å². The maximum atomic E-state index is 14.5. The quantitative estimate of drug-likeness (QED) is 0.276. The van der Waals surface area contributed by atoms with Crippen molar-refractivity contribution in [3.8, 4) is 0 Å². The maximum Gasteiger partial charge on any atom is 0.264 e. The molecule has 3 saturated heterocycles. The molecule has 3 amide bonds. The molecule has 11 nitrogen and oxygen atoms in total. The van der Waals surface area contributed by atoms with Crippen molar-refractivity contribution in [2.24, 2.45) is 5.92 Å². The molecule has 47 heavy (non-hydrogen) atoms. The third kappa shape index (κ3) is 4.92. The number of benzene rings is 3. The standard InChI is InChI=1S/C36H36N6O5/c1-23-19-28(13-16-39-22-30(37-38-39)34(45)25-5-3-2-4-6-25)47-36(23)29-20-27(41-18-15-33(41)44)11-12-31(29)42(35(36)46)21-24-7-9-26(10-8-24)40-17-14-32(40)43/h2-12,20,22-23,28,34,45H,13-19,21H2,1H3/t23-,28+,34+,36+/m0/s1. The number of β-lactam (4-membered cyclic amide) rings is 2. The van der Waals surface area contributed by atoms with E-state index < -0.39 is 11.7 Å². The van der Waals surface area contributed by atoms with Crippen LogP contribution in [0.2, 0.25) is 0 Å². The van der Waals surface area contributed by atoms with Crippen molar-refractivity contribution in [1.82, 2.24) is 15.0 Å². The molecule has 0 aliphatic carbocycles. The molecule has 5 heterocycles. The van der Waals surface area contributed by atoms with Crippen LogP contribution in [0.15, 0.2) is 79.0 Å². The second kappa shape index (κ2) is 11.4. The summed E-state index contributed by atoms with van der Waals surface area (Å²) in [4.78, 5) is 44.1. The van der Waals surface area contributed by atoms with Crippen LogP contribution in [0.5, 0.6) is 0 Å². The zero-order chi connectivity index (χ0) is 32.3. The summed E-state index contributed by atoms with van der Waals surface area (Å²) in [5, 5.41) is 19.2. The maximum absolute atomic E-state index is 14.5. The first kappa shape index (κ1) is 29.5. The van der Waals surface area contributed by atoms with E-state index in [0.29, 0.717) is 51.0 Å². The van der Waals surface area contributed by atoms with Gasteiger partial charge in [-0.15, -0.1) is 5.10 Å². The first-order chi connectivity index (χ1) is 22.8. The predicted octanol–water partition coefficient (Wildman–Crippen LogP) is 4.09. The van der Waals surface area contributed by atoms with Crippen LogP contribution in [-0.4, -0.2) is 57.0 Å². The summed E-state index contributed by atoms with van der Waals surface area (Å²) in [6.45, 7) is 4.32. The van der Waals surface area contributed by atoms with Crippen molar-refractivity contribution < 1.29 is 24.2 Å². The fourth-order valence-electron chi connectivity index (χ4n) is 7.33. The fraction of sp³-hybridized carbons (Fsp3) is 0.361. The van der Waals surface area contributed by atoms with Crippen molar-refractivity contribution >= 4 is 34.8 Å². The van der Waals surface area contributed by atoms with Crippen LogP contribution in [0, 0.1) is 5.92 Å². The SMILES string of the molecule is C[C@H]1C[C@@H](CCn2cc([C@H](O)c3ccccc3)nn2)O[C@]12C(=O)N(Cc1ccc(N3CCC3=O)cc1)c1ccc(N3CCC3=O)cc12. The Morgan fingerprint density at radius 2 is 1.64 bits per heavy atom. The van der Waals surface area contributed by atoms with E-state index in [9.17, 15) is 19.5 Å². The number of aliphatic hydroxyl groups excluding tert-OH is 1. The highest BCUT2D eigenvalue weighted by Gasteiger charge is 2.60. The minimum atomic E-state index is -1.18. The molecule has 4 aromatic rings. The number of anilines is 3. The fourth-order valence-corrected chi connectivity index (χ4v) is 7.33. The zero-order valence-electron chi connectivity index (χ0n) is 26.2. The first-order valence-corrected chi connectivity index (χ1v) is 16.3. The van der Waals surface area contributed by atoms with Crippen LogP contribution in [-0.2, 0) is 37.8 Å². The van der Waals surface area contributed by atoms with Crippen LogP contribution >= 0.6 is 0 Å². The van der Waals surface area contributed by atoms with Crippen molar-refractivity contribution in [2.45, 2.75) is 63.5 Å². The van der Waals surface area contributed by atoms with Gasteiger partial charge in [0.2, 0.25) is 11.8 Å². The summed E-state index contributed by atoms with van der Waals surface area (Å²) in [7, 11) is 0. The van der Waals surface area contributed by atoms with Gasteiger partial charge in [-0.1, -0.05) is 54.6 Å². The Balaban J connectivity index is 1.03. The molecule has 1 aromatic heterocycles. The molecular weight excluding hydrogens is 596 g/mol. The molecule has 0 bridgehead atoms. The Labute approximate surface area is 272 Å². The summed E-state index contributed by atoms with van der Waals surface area (Å²) in [6.07, 6.45) is 3.06. The van der Waals surface area contributed by atoms with Crippen molar-refractivity contribution in [1.29, 1.82) is 0 Å². The molecule has 1 N–H and O–H groups in total. The number of ether oxygens (including phenoxy) is 1. The lowest BCUT2D eigenvalue weighted by molar-refractivity contribution is -0.146. The monoisotopic (exact) mass is 632 g/mol. The highest BCUT2D eigenvalue weighted by Crippen LogP contribution is 2.55. The Morgan fingerprint density at radius 3 is 2.32 bits per heavy atom. The van der Waals surface area contributed by atoms with Crippen LogP contribution < -0.4 is 14.7 Å². The van der Waals surface area contributed by atoms with E-state index in [1.54, 1.807) is 25.6 Å². The minimum absolute atomic E-state index is 0.0730. The van der Waals surface area contributed by atoms with Gasteiger partial charge in [0.15, 0.2) is 5.60 Å². The van der Waals surface area contributed by atoms with Crippen LogP contribution in [0.3, 0.4) is 0 Å². The molecule has 11 heteroatoms. The van der Waals surface area contributed by atoms with Crippen LogP contribution in [0.1, 0.15) is 61.1 Å². The van der Waals surface area contributed by atoms with E-state index in [1.807, 2.05) is 72.8 Å². The van der Waals surface area contributed by atoms with E-state index in [2.05, 4.69) is 17.2 Å². The molecule has 8 rings (SSSR count). The molecule has 1 spiro atoms. The topological polar surface area (TPSA) is 121 Å². The van der Waals surface area contributed by atoms with Gasteiger partial charge in [-0.2, -0.15) is 0 Å². The van der Waals surface area contributed by atoms with Gasteiger partial charge < -0.3 is 24.5 Å². The summed E-state index contributed by atoms with van der Waals surface area (Å²) in [5.74, 6) is -0.0256. The van der Waals surface area contributed by atoms with Gasteiger partial charge in [-0.3, -0.25) is 19.1 Å². The predicted molar refractivity (Wildman–Crippen MR) is 173 cm³/mol. The number of aryl methyl sites for hydroxylation is 1. The smallest absolute Gasteiger partial charge is 0.264 e. The lowest BCUT2D eigenvalue weighted by Crippen LogP contribution is -2.44. The average molecular weight is 633 g/mol. The first-order valence-electron chi connectivity index (χ1n) is 16.3. The number of aromatic nitrogens is 3. The molecule has 3 fully saturated rings. The second-order valence-electron chi connectivity index (χ2n) is 13.0. The number of carbonyl (C=O) groups excluding carboxylic acids is 3. The zero-order valence-corrected chi connectivity index (χ0v) is 26.2. The lowest BCUT2D eigenvalue weighted by atomic mass is 9.82. The highest BCUT2D eigenvalue weighted by atomic mass is 16.5. The van der Waals surface area contributed by atoms with Gasteiger partial charge >= 0.3 is 0 Å². The number of carbonyl (C=O) groups is 3. The van der Waals surface area contributed by atoms with E-state index in [0.717, 1.165) is 40.3 Å². The normalized spacial score (nSPS) is 24.1. The van der Waals surface area contributed by atoms with Crippen molar-refractivity contribution in [2.75, 3.05) is 27.8 Å². The van der Waals surface area contributed by atoms with Crippen LogP contribution in [0.4, 0.5) is 17.1 Å². The number of nitrogens with zero attached hydrogens (tertiary/aromatic N) is 6. The lowest BCUT2D eigenvalue weighted by Gasteiger charge is -2.32. The van der Waals surface area contributed by atoms with Crippen molar-refractivity contribution in [3.05, 3.63) is 101 Å². The Kier molecular flexibility index (Phi) is 7.18. The van der Waals surface area contributed by atoms with Crippen LogP contribution in [0.25, 0.3) is 0 Å². The molecule has 4 aliphatic rings. The minimum Gasteiger partial charge on any atom is -0.382 e. The number of hydrogen-bond donors (Lipinski definition) is 1. The summed E-state index contributed by atoms with van der Waals surface area (Å²) >= 11 is 0. The number of fused-ring (bicyclic) bond motifs is 2. The molecule has 3 aromatic carbocycles. The number of hydrogen-bond acceptors (Lipinski definition) is 7. The number of rotatable bonds is 9. The third-order valence-electron chi connectivity index (χ3n) is 10.1. The van der Waals surface area contributed by atoms with Gasteiger partial charge in [-0.05, 0) is 54.3 Å². The summed E-state index contributed by atoms with van der Waals surface area (Å²) in [5.41, 5.74) is 4.23. The third-order valence-corrected chi connectivity index (χ3v) is 10.1. The highest BCUT2D eigenvalue weighted by molar-refractivity contribution is 6.08. The Hall–Kier alpha value is -4.87. The average Bonchev–Trinajstić information content (AvgIpc) is 3.75. The summed E-state index contributed by atoms with van der Waals surface area (Å²) < 4.78 is 8.53. The molecule has 0 unspecified atom stereocenters. The number of aliphatic hydroxyl groups is 1. The molecule has 240 valence electrons. The second-order valence-corrected chi connectivity index (χ2v) is 13.0. The van der Waals surface area contributed by atoms with Gasteiger partial charge in [0, 0.05) is 55.3 Å². The van der Waals surface area contributed by atoms with Gasteiger partial charge in [0.05, 0.1) is 24.5 Å². The summed E-state index contributed by atoms with van der Waals surface area (Å²) in [6, 6.07) is 23.0. The van der Waals surface area contributed by atoms with E-state index >= 15 is 0 Å². The largest absolute Gasteiger partial charge is 0.382 e. The van der Waals surface area contributed by atoms with Gasteiger partial charge in [0.25, 0.3) is 5.91 Å². The molecule has 4 aliphatic heterocycles. The molecule has 0 radical (unpaired) electrons. The molecular formula is C36H36N6O5. The van der Waals surface area contributed by atoms with E-state index in [-0.39, 0.29) is 29.7 Å². The van der Waals surface area contributed by atoms with E-state index in [1.165, 1.54) is 0 Å². The Morgan fingerprint density at radius 1 is 0.936 bits per heavy atom. The number of amides is 3. The molecule has 0 saturated carbocycles. The van der Waals surface area contributed by atoms with Gasteiger partial charge in [-0.25, -0.2) is 0 Å². The van der Waals surface area contributed by atoms with Gasteiger partial charge in [0.1, 0.15) is 11.8 Å². The Bertz CT molecular complexity index is 1860. The van der Waals surface area contributed by atoms with Crippen molar-refractivity contribution in [3.63, 3.8) is 0 Å².